The molecule has 148 valence electrons. The van der Waals surface area contributed by atoms with Crippen LogP contribution in [0.25, 0.3) is 0 Å². The fraction of sp³-hybridized carbons (Fsp3) is 0.810. The molecule has 0 spiro atoms. The van der Waals surface area contributed by atoms with Crippen LogP contribution in [0.15, 0.2) is 12.7 Å². The predicted molar refractivity (Wildman–Crippen MR) is 99.7 cm³/mol. The molecule has 5 nitrogen and oxygen atoms in total. The van der Waals surface area contributed by atoms with E-state index in [0.29, 0.717) is 0 Å². The van der Waals surface area contributed by atoms with E-state index in [9.17, 15) is 14.7 Å². The van der Waals surface area contributed by atoms with Gasteiger partial charge in [0.25, 0.3) is 0 Å². The van der Waals surface area contributed by atoms with Gasteiger partial charge in [0.2, 0.25) is 0 Å². The molecule has 26 heavy (non-hydrogen) atoms. The summed E-state index contributed by atoms with van der Waals surface area (Å²) < 4.78 is 11.6. The van der Waals surface area contributed by atoms with Crippen molar-refractivity contribution in [2.24, 2.45) is 22.7 Å². The number of hydrogen-bond acceptors (Lipinski definition) is 4. The first kappa shape index (κ1) is 20.9. The van der Waals surface area contributed by atoms with E-state index in [1.807, 2.05) is 33.8 Å². The second kappa shape index (κ2) is 6.66. The maximum absolute atomic E-state index is 12.5. The molecule has 2 rings (SSSR count). The molecule has 2 fully saturated rings. The summed E-state index contributed by atoms with van der Waals surface area (Å²) in [5.74, 6) is -1.15. The van der Waals surface area contributed by atoms with E-state index in [4.69, 9.17) is 9.47 Å². The Bertz CT molecular complexity index is 597. The second-order valence-corrected chi connectivity index (χ2v) is 9.40. The van der Waals surface area contributed by atoms with E-state index in [2.05, 4.69) is 13.5 Å². The van der Waals surface area contributed by atoms with Crippen LogP contribution < -0.4 is 0 Å². The lowest BCUT2D eigenvalue weighted by atomic mass is 9.47. The van der Waals surface area contributed by atoms with Crippen LogP contribution in [0.2, 0.25) is 0 Å². The van der Waals surface area contributed by atoms with E-state index in [1.165, 1.54) is 7.11 Å². The zero-order valence-electron chi connectivity index (χ0n) is 17.1. The highest BCUT2D eigenvalue weighted by Gasteiger charge is 2.62. The Labute approximate surface area is 157 Å². The number of rotatable bonds is 5. The first-order valence-electron chi connectivity index (χ1n) is 9.48. The van der Waals surface area contributed by atoms with E-state index >= 15 is 0 Å². The molecule has 0 aromatic heterocycles. The number of hydrogen-bond donors (Lipinski definition) is 1. The molecule has 0 bridgehead atoms. The summed E-state index contributed by atoms with van der Waals surface area (Å²) in [6, 6.07) is 0. The molecule has 2 aliphatic rings. The minimum Gasteiger partial charge on any atom is -0.481 e. The Morgan fingerprint density at radius 2 is 1.88 bits per heavy atom. The summed E-state index contributed by atoms with van der Waals surface area (Å²) in [5.41, 5.74) is -2.12. The number of fused-ring (bicyclic) bond motifs is 1. The fourth-order valence-corrected chi connectivity index (χ4v) is 5.95. The standard InChI is InChI=1S/C21H34O5/c1-8-19(4)11-9-15-20(5,13-16(22)23)14(10-12-21(15,6)26-19)18(2,3)17(24)25-7/h8,14-15H,1,9-13H2,2-7H3,(H,22,23). The normalized spacial score (nSPS) is 40.4. The number of carbonyl (C=O) groups excluding carboxylic acids is 1. The van der Waals surface area contributed by atoms with E-state index in [0.717, 1.165) is 25.7 Å². The van der Waals surface area contributed by atoms with Gasteiger partial charge in [0.1, 0.15) is 0 Å². The summed E-state index contributed by atoms with van der Waals surface area (Å²) in [6.45, 7) is 13.8. The molecule has 5 unspecified atom stereocenters. The summed E-state index contributed by atoms with van der Waals surface area (Å²) in [7, 11) is 1.39. The molecule has 1 aliphatic carbocycles. The van der Waals surface area contributed by atoms with E-state index < -0.39 is 22.4 Å². The molecule has 1 saturated carbocycles. The number of carboxylic acids is 1. The molecule has 5 heteroatoms. The van der Waals surface area contributed by atoms with Crippen molar-refractivity contribution >= 4 is 11.9 Å². The van der Waals surface area contributed by atoms with Crippen molar-refractivity contribution in [1.29, 1.82) is 0 Å². The zero-order chi connectivity index (χ0) is 20.0. The van der Waals surface area contributed by atoms with Gasteiger partial charge >= 0.3 is 11.9 Å². The van der Waals surface area contributed by atoms with Crippen molar-refractivity contribution in [3.63, 3.8) is 0 Å². The topological polar surface area (TPSA) is 72.8 Å². The number of aliphatic carboxylic acids is 1. The van der Waals surface area contributed by atoms with Gasteiger partial charge in [0.05, 0.1) is 30.1 Å². The highest BCUT2D eigenvalue weighted by molar-refractivity contribution is 5.76. The largest absolute Gasteiger partial charge is 0.481 e. The van der Waals surface area contributed by atoms with Gasteiger partial charge in [-0.05, 0) is 70.6 Å². The Balaban J connectivity index is 2.49. The van der Waals surface area contributed by atoms with Crippen LogP contribution in [-0.4, -0.2) is 35.4 Å². The molecule has 0 aromatic carbocycles. The van der Waals surface area contributed by atoms with E-state index in [1.54, 1.807) is 0 Å². The van der Waals surface area contributed by atoms with Crippen LogP contribution in [0.1, 0.15) is 66.7 Å². The number of carbonyl (C=O) groups is 2. The van der Waals surface area contributed by atoms with Gasteiger partial charge in [0, 0.05) is 0 Å². The quantitative estimate of drug-likeness (QED) is 0.583. The monoisotopic (exact) mass is 366 g/mol. The Morgan fingerprint density at radius 1 is 1.27 bits per heavy atom. The molecule has 0 amide bonds. The second-order valence-electron chi connectivity index (χ2n) is 9.40. The number of methoxy groups -OCH3 is 1. The summed E-state index contributed by atoms with van der Waals surface area (Å²) in [6.07, 6.45) is 5.06. The number of esters is 1. The zero-order valence-corrected chi connectivity index (χ0v) is 17.1. The third-order valence-electron chi connectivity index (χ3n) is 7.20. The van der Waals surface area contributed by atoms with Crippen molar-refractivity contribution in [2.75, 3.05) is 7.11 Å². The molecule has 1 aliphatic heterocycles. The lowest BCUT2D eigenvalue weighted by Crippen LogP contribution is -2.62. The molecule has 1 heterocycles. The molecule has 0 radical (unpaired) electrons. The Hall–Kier alpha value is -1.36. The predicted octanol–water partition coefficient (Wildman–Crippen LogP) is 4.21. The molecule has 1 N–H and O–H groups in total. The minimum absolute atomic E-state index is 0.0203. The van der Waals surface area contributed by atoms with Gasteiger partial charge in [-0.15, -0.1) is 6.58 Å². The van der Waals surface area contributed by atoms with Crippen LogP contribution >= 0.6 is 0 Å². The third kappa shape index (κ3) is 3.30. The van der Waals surface area contributed by atoms with Crippen LogP contribution in [-0.2, 0) is 19.1 Å². The molecular weight excluding hydrogens is 332 g/mol. The highest BCUT2D eigenvalue weighted by atomic mass is 16.5. The number of carboxylic acid groups (broad SMARTS) is 1. The lowest BCUT2D eigenvalue weighted by Gasteiger charge is -2.62. The summed E-state index contributed by atoms with van der Waals surface area (Å²) in [4.78, 5) is 24.3. The number of ether oxygens (including phenoxy) is 2. The first-order valence-corrected chi connectivity index (χ1v) is 9.48. The maximum Gasteiger partial charge on any atom is 0.311 e. The summed E-state index contributed by atoms with van der Waals surface area (Å²) >= 11 is 0. The Kier molecular flexibility index (Phi) is 5.37. The van der Waals surface area contributed by atoms with Gasteiger partial charge in [-0.3, -0.25) is 9.59 Å². The van der Waals surface area contributed by atoms with Crippen molar-refractivity contribution in [2.45, 2.75) is 77.9 Å². The van der Waals surface area contributed by atoms with Gasteiger partial charge < -0.3 is 14.6 Å². The van der Waals surface area contributed by atoms with Crippen LogP contribution in [0.5, 0.6) is 0 Å². The van der Waals surface area contributed by atoms with Crippen LogP contribution in [0.3, 0.4) is 0 Å². The molecular formula is C21H34O5. The van der Waals surface area contributed by atoms with Crippen LogP contribution in [0.4, 0.5) is 0 Å². The molecule has 5 atom stereocenters. The lowest BCUT2D eigenvalue weighted by molar-refractivity contribution is -0.247. The summed E-state index contributed by atoms with van der Waals surface area (Å²) in [5, 5.41) is 9.66. The fourth-order valence-electron chi connectivity index (χ4n) is 5.95. The van der Waals surface area contributed by atoms with Crippen molar-refractivity contribution < 1.29 is 24.2 Å². The first-order chi connectivity index (χ1) is 11.8. The van der Waals surface area contributed by atoms with Crippen LogP contribution in [0, 0.1) is 22.7 Å². The third-order valence-corrected chi connectivity index (χ3v) is 7.20. The minimum atomic E-state index is -0.834. The highest BCUT2D eigenvalue weighted by Crippen LogP contribution is 2.62. The van der Waals surface area contributed by atoms with Crippen molar-refractivity contribution in [1.82, 2.24) is 0 Å². The van der Waals surface area contributed by atoms with E-state index in [-0.39, 0.29) is 29.8 Å². The SMILES string of the molecule is C=CC1(C)CCC2C(C)(CCC(C(C)(C)C(=O)OC)C2(C)CC(=O)O)O1. The average molecular weight is 366 g/mol. The average Bonchev–Trinajstić information content (AvgIpc) is 2.52. The van der Waals surface area contributed by atoms with Gasteiger partial charge in [0.15, 0.2) is 0 Å². The molecule has 1 saturated heterocycles. The smallest absolute Gasteiger partial charge is 0.311 e. The van der Waals surface area contributed by atoms with Gasteiger partial charge in [-0.25, -0.2) is 0 Å². The van der Waals surface area contributed by atoms with Crippen molar-refractivity contribution in [3.05, 3.63) is 12.7 Å². The van der Waals surface area contributed by atoms with Gasteiger partial charge in [-0.2, -0.15) is 0 Å². The van der Waals surface area contributed by atoms with Gasteiger partial charge in [-0.1, -0.05) is 13.0 Å². The van der Waals surface area contributed by atoms with Crippen molar-refractivity contribution in [3.8, 4) is 0 Å². The molecule has 0 aromatic rings. The maximum atomic E-state index is 12.5. The Morgan fingerprint density at radius 3 is 2.38 bits per heavy atom.